The van der Waals surface area contributed by atoms with Crippen molar-refractivity contribution < 1.29 is 4.79 Å². The summed E-state index contributed by atoms with van der Waals surface area (Å²) in [5.41, 5.74) is 0. The van der Waals surface area contributed by atoms with Crippen LogP contribution in [-0.4, -0.2) is 70.5 Å². The van der Waals surface area contributed by atoms with Crippen molar-refractivity contribution in [1.82, 2.24) is 24.7 Å². The molecule has 2 aliphatic rings. The van der Waals surface area contributed by atoms with Gasteiger partial charge in [-0.2, -0.15) is 0 Å². The van der Waals surface area contributed by atoms with Crippen LogP contribution in [0.2, 0.25) is 0 Å². The van der Waals surface area contributed by atoms with E-state index in [2.05, 4.69) is 33.6 Å². The Morgan fingerprint density at radius 1 is 1.26 bits per heavy atom. The van der Waals surface area contributed by atoms with E-state index in [0.29, 0.717) is 24.9 Å². The van der Waals surface area contributed by atoms with Crippen LogP contribution >= 0.6 is 24.0 Å². The number of guanidine groups is 1. The van der Waals surface area contributed by atoms with Gasteiger partial charge in [-0.15, -0.1) is 24.0 Å². The van der Waals surface area contributed by atoms with Gasteiger partial charge in [-0.1, -0.05) is 6.92 Å². The molecule has 3 heterocycles. The summed E-state index contributed by atoms with van der Waals surface area (Å²) in [4.78, 5) is 25.5. The number of aromatic nitrogens is 2. The van der Waals surface area contributed by atoms with Crippen LogP contribution in [0.3, 0.4) is 0 Å². The number of carbonyl (C=O) groups is 1. The molecule has 1 aromatic rings. The van der Waals surface area contributed by atoms with Crippen molar-refractivity contribution in [3.05, 3.63) is 18.7 Å². The van der Waals surface area contributed by atoms with Crippen molar-refractivity contribution in [3.63, 3.8) is 0 Å². The first-order valence-corrected chi connectivity index (χ1v) is 9.97. The van der Waals surface area contributed by atoms with E-state index in [-0.39, 0.29) is 29.9 Å². The molecule has 2 atom stereocenters. The Balaban J connectivity index is 0.00000261. The summed E-state index contributed by atoms with van der Waals surface area (Å²) >= 11 is 0. The Morgan fingerprint density at radius 3 is 2.70 bits per heavy atom. The number of piperidine rings is 1. The van der Waals surface area contributed by atoms with E-state index in [1.165, 1.54) is 0 Å². The van der Waals surface area contributed by atoms with Crippen molar-refractivity contribution in [2.24, 2.45) is 10.9 Å². The predicted octanol–water partition coefficient (Wildman–Crippen LogP) is 2.36. The molecule has 27 heavy (non-hydrogen) atoms. The number of nitrogens with one attached hydrogen (secondary N) is 1. The fourth-order valence-corrected chi connectivity index (χ4v) is 3.90. The number of hydrogen-bond acceptors (Lipinski definition) is 3. The minimum atomic E-state index is 0. The highest BCUT2D eigenvalue weighted by Crippen LogP contribution is 2.27. The highest BCUT2D eigenvalue weighted by molar-refractivity contribution is 14.0. The Morgan fingerprint density at radius 2 is 2.04 bits per heavy atom. The number of amides is 1. The van der Waals surface area contributed by atoms with Crippen LogP contribution in [0.15, 0.2) is 23.7 Å². The molecule has 0 spiro atoms. The first-order chi connectivity index (χ1) is 12.7. The lowest BCUT2D eigenvalue weighted by atomic mass is 9.93. The van der Waals surface area contributed by atoms with Gasteiger partial charge in [-0.25, -0.2) is 4.98 Å². The Labute approximate surface area is 179 Å². The second-order valence-corrected chi connectivity index (χ2v) is 7.36. The van der Waals surface area contributed by atoms with Crippen LogP contribution in [0.25, 0.3) is 0 Å². The Bertz CT molecular complexity index is 599. The molecule has 1 N–H and O–H groups in total. The summed E-state index contributed by atoms with van der Waals surface area (Å²) in [6, 6.07) is 0.404. The third kappa shape index (κ3) is 5.83. The van der Waals surface area contributed by atoms with Gasteiger partial charge in [-0.05, 0) is 32.1 Å². The average molecular weight is 488 g/mol. The molecule has 2 fully saturated rings. The highest BCUT2D eigenvalue weighted by atomic mass is 127. The molecular weight excluding hydrogens is 455 g/mol. The third-order valence-electron chi connectivity index (χ3n) is 5.51. The number of carbonyl (C=O) groups excluding carboxylic acids is 1. The number of aliphatic imine (C=N–C) groups is 1. The number of imidazole rings is 1. The van der Waals surface area contributed by atoms with Crippen LogP contribution in [-0.2, 0) is 4.79 Å². The zero-order chi connectivity index (χ0) is 18.4. The number of rotatable bonds is 5. The molecule has 2 saturated heterocycles. The smallest absolute Gasteiger partial charge is 0.224 e. The highest BCUT2D eigenvalue weighted by Gasteiger charge is 2.29. The number of nitrogens with zero attached hydrogens (tertiary/aromatic N) is 5. The number of halogens is 1. The molecule has 2 aliphatic heterocycles. The zero-order valence-corrected chi connectivity index (χ0v) is 18.8. The Hall–Kier alpha value is -1.32. The topological polar surface area (TPSA) is 65.8 Å². The van der Waals surface area contributed by atoms with E-state index in [0.717, 1.165) is 57.9 Å². The van der Waals surface area contributed by atoms with Gasteiger partial charge in [0.25, 0.3) is 0 Å². The van der Waals surface area contributed by atoms with Crippen LogP contribution in [0.5, 0.6) is 0 Å². The maximum Gasteiger partial charge on any atom is 0.224 e. The summed E-state index contributed by atoms with van der Waals surface area (Å²) in [6.07, 6.45) is 9.70. The van der Waals surface area contributed by atoms with Gasteiger partial charge in [0.15, 0.2) is 5.96 Å². The summed E-state index contributed by atoms with van der Waals surface area (Å²) in [5.74, 6) is 1.78. The van der Waals surface area contributed by atoms with Gasteiger partial charge in [0.2, 0.25) is 5.91 Å². The van der Waals surface area contributed by atoms with Gasteiger partial charge in [0.1, 0.15) is 0 Å². The molecule has 0 bridgehead atoms. The van der Waals surface area contributed by atoms with E-state index in [1.54, 1.807) is 0 Å². The van der Waals surface area contributed by atoms with Gasteiger partial charge >= 0.3 is 0 Å². The molecule has 7 nitrogen and oxygen atoms in total. The second kappa shape index (κ2) is 10.9. The monoisotopic (exact) mass is 488 g/mol. The second-order valence-electron chi connectivity index (χ2n) is 7.36. The molecule has 1 amide bonds. The zero-order valence-electron chi connectivity index (χ0n) is 16.5. The van der Waals surface area contributed by atoms with Gasteiger partial charge in [-0.3, -0.25) is 9.79 Å². The van der Waals surface area contributed by atoms with Crippen LogP contribution in [0, 0.1) is 5.92 Å². The molecule has 3 rings (SSSR count). The lowest BCUT2D eigenvalue weighted by Crippen LogP contribution is -2.49. The van der Waals surface area contributed by atoms with E-state index in [9.17, 15) is 4.79 Å². The minimum absolute atomic E-state index is 0. The maximum atomic E-state index is 12.2. The SMILES string of the molecule is CCNC(=NCCC(=O)N1CCCC1)N1CCC(C)C(n2ccnc2)C1.I. The quantitative estimate of drug-likeness (QED) is 0.393. The summed E-state index contributed by atoms with van der Waals surface area (Å²) in [7, 11) is 0. The fourth-order valence-electron chi connectivity index (χ4n) is 3.90. The standard InChI is InChI=1S/C19H32N6O.HI/c1-3-21-19(22-8-6-18(26)23-10-4-5-11-23)24-12-7-16(2)17(14-24)25-13-9-20-15-25;/h9,13,15-17H,3-8,10-12,14H2,1-2H3,(H,21,22);1H. The van der Waals surface area contributed by atoms with Crippen LogP contribution in [0.4, 0.5) is 0 Å². The maximum absolute atomic E-state index is 12.2. The van der Waals surface area contributed by atoms with Gasteiger partial charge < -0.3 is 19.7 Å². The Kier molecular flexibility index (Phi) is 8.85. The lowest BCUT2D eigenvalue weighted by molar-refractivity contribution is -0.129. The van der Waals surface area contributed by atoms with Crippen LogP contribution < -0.4 is 5.32 Å². The predicted molar refractivity (Wildman–Crippen MR) is 118 cm³/mol. The summed E-state index contributed by atoms with van der Waals surface area (Å²) < 4.78 is 2.21. The average Bonchev–Trinajstić information content (AvgIpc) is 3.35. The molecule has 0 radical (unpaired) electrons. The molecule has 2 unspecified atom stereocenters. The minimum Gasteiger partial charge on any atom is -0.357 e. The normalized spacial score (nSPS) is 23.3. The molecule has 1 aromatic heterocycles. The van der Waals surface area contributed by atoms with Gasteiger partial charge in [0, 0.05) is 51.5 Å². The van der Waals surface area contributed by atoms with Crippen molar-refractivity contribution in [2.45, 2.75) is 45.6 Å². The molecule has 0 aliphatic carbocycles. The van der Waals surface area contributed by atoms with E-state index < -0.39 is 0 Å². The summed E-state index contributed by atoms with van der Waals surface area (Å²) in [5, 5.41) is 3.40. The lowest BCUT2D eigenvalue weighted by Gasteiger charge is -2.39. The van der Waals surface area contributed by atoms with E-state index in [1.807, 2.05) is 23.6 Å². The van der Waals surface area contributed by atoms with Crippen molar-refractivity contribution >= 4 is 35.8 Å². The van der Waals surface area contributed by atoms with Gasteiger partial charge in [0.05, 0.1) is 18.9 Å². The molecule has 0 saturated carbocycles. The first kappa shape index (κ1) is 22.0. The molecule has 152 valence electrons. The van der Waals surface area contributed by atoms with Crippen molar-refractivity contribution in [1.29, 1.82) is 0 Å². The fraction of sp³-hybridized carbons (Fsp3) is 0.737. The largest absolute Gasteiger partial charge is 0.357 e. The molecule has 8 heteroatoms. The third-order valence-corrected chi connectivity index (χ3v) is 5.51. The van der Waals surface area contributed by atoms with E-state index in [4.69, 9.17) is 4.99 Å². The first-order valence-electron chi connectivity index (χ1n) is 9.97. The summed E-state index contributed by atoms with van der Waals surface area (Å²) in [6.45, 7) is 9.53. The van der Waals surface area contributed by atoms with Crippen molar-refractivity contribution in [3.8, 4) is 0 Å². The number of likely N-dealkylation sites (tertiary alicyclic amines) is 2. The molecular formula is C19H33IN6O. The molecule has 0 aromatic carbocycles. The number of hydrogen-bond donors (Lipinski definition) is 1. The van der Waals surface area contributed by atoms with Crippen molar-refractivity contribution in [2.75, 3.05) is 39.3 Å². The van der Waals surface area contributed by atoms with Crippen LogP contribution in [0.1, 0.15) is 45.6 Å². The van der Waals surface area contributed by atoms with E-state index >= 15 is 0 Å².